The number of benzene rings is 3. The number of hydrogen-bond donors (Lipinski definition) is 3. The number of nitrogens with one attached hydrogen (secondary N) is 2. The third-order valence-corrected chi connectivity index (χ3v) is 4.77. The number of H-pyrrole nitrogens is 2. The SMILES string of the molecule is O=c1cnc2ccc(N=C(c3ccccc3)c3c(O)[nH]c4ccccc34)cc2[nH]1. The third kappa shape index (κ3) is 3.06. The van der Waals surface area contributed by atoms with Crippen LogP contribution in [0.2, 0.25) is 0 Å². The Morgan fingerprint density at radius 1 is 0.897 bits per heavy atom. The van der Waals surface area contributed by atoms with Gasteiger partial charge in [0.15, 0.2) is 5.88 Å². The zero-order valence-electron chi connectivity index (χ0n) is 15.3. The lowest BCUT2D eigenvalue weighted by Crippen LogP contribution is -2.05. The molecule has 2 heterocycles. The minimum atomic E-state index is -0.267. The molecule has 0 aliphatic rings. The number of aromatic nitrogens is 3. The maximum atomic E-state index is 11.6. The van der Waals surface area contributed by atoms with Crippen molar-refractivity contribution < 1.29 is 5.11 Å². The van der Waals surface area contributed by atoms with Crippen LogP contribution >= 0.6 is 0 Å². The van der Waals surface area contributed by atoms with Gasteiger partial charge in [0.1, 0.15) is 0 Å². The summed E-state index contributed by atoms with van der Waals surface area (Å²) in [5.41, 5.74) is 4.62. The Bertz CT molecular complexity index is 1430. The average molecular weight is 380 g/mol. The van der Waals surface area contributed by atoms with Crippen LogP contribution < -0.4 is 5.56 Å². The van der Waals surface area contributed by atoms with Crippen molar-refractivity contribution in [1.29, 1.82) is 0 Å². The lowest BCUT2D eigenvalue weighted by atomic mass is 10.0. The molecule has 0 spiro atoms. The van der Waals surface area contributed by atoms with Crippen LogP contribution in [0.4, 0.5) is 5.69 Å². The zero-order chi connectivity index (χ0) is 19.8. The second-order valence-electron chi connectivity index (χ2n) is 6.67. The Labute approximate surface area is 165 Å². The predicted octanol–water partition coefficient (Wildman–Crippen LogP) is 4.28. The van der Waals surface area contributed by atoms with E-state index in [0.717, 1.165) is 16.5 Å². The molecule has 0 saturated heterocycles. The van der Waals surface area contributed by atoms with Gasteiger partial charge in [-0.15, -0.1) is 0 Å². The van der Waals surface area contributed by atoms with E-state index >= 15 is 0 Å². The number of nitrogens with zero attached hydrogens (tertiary/aromatic N) is 2. The molecule has 2 aromatic heterocycles. The molecule has 0 fully saturated rings. The highest BCUT2D eigenvalue weighted by molar-refractivity contribution is 6.21. The van der Waals surface area contributed by atoms with Crippen molar-refractivity contribution in [3.8, 4) is 5.88 Å². The summed E-state index contributed by atoms with van der Waals surface area (Å²) in [4.78, 5) is 26.4. The monoisotopic (exact) mass is 380 g/mol. The molecule has 0 bridgehead atoms. The molecule has 6 heteroatoms. The molecule has 0 radical (unpaired) electrons. The van der Waals surface area contributed by atoms with E-state index < -0.39 is 0 Å². The zero-order valence-corrected chi connectivity index (χ0v) is 15.3. The number of aliphatic imine (C=N–C) groups is 1. The second kappa shape index (κ2) is 6.76. The number of fused-ring (bicyclic) bond motifs is 2. The van der Waals surface area contributed by atoms with Gasteiger partial charge < -0.3 is 15.1 Å². The van der Waals surface area contributed by atoms with Crippen molar-refractivity contribution in [3.63, 3.8) is 0 Å². The van der Waals surface area contributed by atoms with Crippen molar-refractivity contribution in [2.45, 2.75) is 0 Å². The summed E-state index contributed by atoms with van der Waals surface area (Å²) in [6.45, 7) is 0. The summed E-state index contributed by atoms with van der Waals surface area (Å²) in [7, 11) is 0. The number of hydrogen-bond acceptors (Lipinski definition) is 4. The van der Waals surface area contributed by atoms with Gasteiger partial charge in [0.05, 0.1) is 34.2 Å². The maximum absolute atomic E-state index is 11.6. The molecule has 0 aliphatic heterocycles. The maximum Gasteiger partial charge on any atom is 0.266 e. The lowest BCUT2D eigenvalue weighted by Gasteiger charge is -2.08. The highest BCUT2D eigenvalue weighted by Gasteiger charge is 2.18. The Morgan fingerprint density at radius 3 is 2.55 bits per heavy atom. The first-order valence-electron chi connectivity index (χ1n) is 9.12. The van der Waals surface area contributed by atoms with E-state index in [9.17, 15) is 9.90 Å². The quantitative estimate of drug-likeness (QED) is 0.408. The molecule has 0 saturated carbocycles. The Kier molecular flexibility index (Phi) is 3.95. The van der Waals surface area contributed by atoms with Crippen molar-refractivity contribution in [3.05, 3.63) is 100 Å². The normalized spacial score (nSPS) is 11.9. The molecule has 0 atom stereocenters. The van der Waals surface area contributed by atoms with E-state index in [4.69, 9.17) is 4.99 Å². The molecule has 3 aromatic carbocycles. The fourth-order valence-corrected chi connectivity index (χ4v) is 3.46. The first kappa shape index (κ1) is 16.9. The van der Waals surface area contributed by atoms with Crippen LogP contribution in [0.25, 0.3) is 21.9 Å². The van der Waals surface area contributed by atoms with Crippen LogP contribution in [0, 0.1) is 0 Å². The fraction of sp³-hybridized carbons (Fsp3) is 0. The van der Waals surface area contributed by atoms with E-state index in [1.54, 1.807) is 6.07 Å². The van der Waals surface area contributed by atoms with Gasteiger partial charge in [-0.2, -0.15) is 0 Å². The third-order valence-electron chi connectivity index (χ3n) is 4.77. The second-order valence-corrected chi connectivity index (χ2v) is 6.67. The molecule has 3 N–H and O–H groups in total. The van der Waals surface area contributed by atoms with E-state index in [2.05, 4.69) is 15.0 Å². The molecular formula is C23H16N4O2. The van der Waals surface area contributed by atoms with Gasteiger partial charge in [-0.25, -0.2) is 9.98 Å². The van der Waals surface area contributed by atoms with Gasteiger partial charge >= 0.3 is 0 Å². The van der Waals surface area contributed by atoms with Gasteiger partial charge in [-0.1, -0.05) is 48.5 Å². The van der Waals surface area contributed by atoms with Crippen LogP contribution in [0.5, 0.6) is 5.88 Å². The highest BCUT2D eigenvalue weighted by Crippen LogP contribution is 2.31. The molecule has 5 aromatic rings. The Hall–Kier alpha value is -4.19. The first-order valence-corrected chi connectivity index (χ1v) is 9.12. The minimum Gasteiger partial charge on any atom is -0.494 e. The Balaban J connectivity index is 1.77. The number of aromatic hydroxyl groups is 1. The topological polar surface area (TPSA) is 94.1 Å². The van der Waals surface area contributed by atoms with Crippen LogP contribution in [-0.2, 0) is 0 Å². The molecular weight excluding hydrogens is 364 g/mol. The van der Waals surface area contributed by atoms with Crippen molar-refractivity contribution in [2.75, 3.05) is 0 Å². The predicted molar refractivity (Wildman–Crippen MR) is 114 cm³/mol. The first-order chi connectivity index (χ1) is 14.2. The number of para-hydroxylation sites is 1. The van der Waals surface area contributed by atoms with Gasteiger partial charge in [0.2, 0.25) is 0 Å². The van der Waals surface area contributed by atoms with E-state index in [1.807, 2.05) is 66.7 Å². The van der Waals surface area contributed by atoms with E-state index in [-0.39, 0.29) is 11.4 Å². The van der Waals surface area contributed by atoms with Crippen LogP contribution in [0.1, 0.15) is 11.1 Å². The van der Waals surface area contributed by atoms with Crippen molar-refractivity contribution in [1.82, 2.24) is 15.0 Å². The van der Waals surface area contributed by atoms with Gasteiger partial charge in [0.25, 0.3) is 5.56 Å². The summed E-state index contributed by atoms with van der Waals surface area (Å²) >= 11 is 0. The summed E-state index contributed by atoms with van der Waals surface area (Å²) < 4.78 is 0. The summed E-state index contributed by atoms with van der Waals surface area (Å²) in [5, 5.41) is 11.5. The highest BCUT2D eigenvalue weighted by atomic mass is 16.3. The van der Waals surface area contributed by atoms with Crippen molar-refractivity contribution >= 4 is 33.3 Å². The largest absolute Gasteiger partial charge is 0.494 e. The molecule has 5 rings (SSSR count). The molecule has 0 aliphatic carbocycles. The smallest absolute Gasteiger partial charge is 0.266 e. The van der Waals surface area contributed by atoms with Crippen LogP contribution in [-0.4, -0.2) is 25.8 Å². The number of aromatic amines is 2. The molecule has 29 heavy (non-hydrogen) atoms. The average Bonchev–Trinajstić information content (AvgIpc) is 3.08. The van der Waals surface area contributed by atoms with Crippen LogP contribution in [0.15, 0.2) is 88.8 Å². The lowest BCUT2D eigenvalue weighted by molar-refractivity contribution is 0.457. The van der Waals surface area contributed by atoms with E-state index in [1.165, 1.54) is 6.20 Å². The molecule has 0 unspecified atom stereocenters. The molecule has 6 nitrogen and oxygen atoms in total. The van der Waals surface area contributed by atoms with Gasteiger partial charge in [-0.05, 0) is 24.3 Å². The van der Waals surface area contributed by atoms with Gasteiger partial charge in [-0.3, -0.25) is 4.79 Å². The molecule has 140 valence electrons. The number of rotatable bonds is 3. The summed E-state index contributed by atoms with van der Waals surface area (Å²) in [6.07, 6.45) is 1.25. The van der Waals surface area contributed by atoms with Crippen LogP contribution in [0.3, 0.4) is 0 Å². The standard InChI is InChI=1S/C23H16N4O2/c28-20-13-24-18-11-10-15(12-19(18)26-20)25-22(14-6-2-1-3-7-14)21-16-8-4-5-9-17(16)27-23(21)29/h1-13,27,29H,(H,26,28). The van der Waals surface area contributed by atoms with Gasteiger partial charge in [0, 0.05) is 16.5 Å². The Morgan fingerprint density at radius 2 is 1.69 bits per heavy atom. The minimum absolute atomic E-state index is 0.0599. The van der Waals surface area contributed by atoms with E-state index in [0.29, 0.717) is 28.0 Å². The fourth-order valence-electron chi connectivity index (χ4n) is 3.46. The molecule has 0 amide bonds. The summed E-state index contributed by atoms with van der Waals surface area (Å²) in [6, 6.07) is 22.8. The van der Waals surface area contributed by atoms with Crippen molar-refractivity contribution in [2.24, 2.45) is 4.99 Å². The summed E-state index contributed by atoms with van der Waals surface area (Å²) in [5.74, 6) is 0.0599.